The van der Waals surface area contributed by atoms with E-state index in [9.17, 15) is 13.2 Å². The number of hydrogen-bond donors (Lipinski definition) is 1. The van der Waals surface area contributed by atoms with Crippen molar-refractivity contribution >= 4 is 11.6 Å². The number of phenols is 1. The van der Waals surface area contributed by atoms with Crippen LogP contribution in [0.4, 0.5) is 18.9 Å². The van der Waals surface area contributed by atoms with Gasteiger partial charge in [-0.2, -0.15) is 0 Å². The molecule has 4 nitrogen and oxygen atoms in total. The second-order valence-corrected chi connectivity index (χ2v) is 6.99. The van der Waals surface area contributed by atoms with Crippen molar-refractivity contribution in [3.63, 3.8) is 0 Å². The van der Waals surface area contributed by atoms with Crippen LogP contribution in [0.2, 0.25) is 0 Å². The molecule has 0 aliphatic carbocycles. The lowest BCUT2D eigenvalue weighted by atomic mass is 10.2. The Morgan fingerprint density at radius 1 is 0.875 bits per heavy atom. The summed E-state index contributed by atoms with van der Waals surface area (Å²) >= 11 is 0. The Morgan fingerprint density at radius 2 is 1.41 bits per heavy atom. The smallest absolute Gasteiger partial charge is 0.508 e. The van der Waals surface area contributed by atoms with Gasteiger partial charge in [0.15, 0.2) is 0 Å². The van der Waals surface area contributed by atoms with Crippen LogP contribution in [0.25, 0.3) is 0 Å². The molecule has 0 fully saturated rings. The van der Waals surface area contributed by atoms with Gasteiger partial charge in [-0.1, -0.05) is 48.0 Å². The molecule has 0 aliphatic rings. The fraction of sp³-hybridized carbons (Fsp3) is 0.160. The molecular formula is C25H24F3NO3. The summed E-state index contributed by atoms with van der Waals surface area (Å²) in [5.41, 5.74) is 3.45. The van der Waals surface area contributed by atoms with Gasteiger partial charge in [-0.15, -0.1) is 13.2 Å². The molecule has 0 saturated carbocycles. The summed E-state index contributed by atoms with van der Waals surface area (Å²) in [7, 11) is 0. The molecule has 3 rings (SSSR count). The van der Waals surface area contributed by atoms with Crippen molar-refractivity contribution in [2.75, 3.05) is 0 Å². The van der Waals surface area contributed by atoms with Gasteiger partial charge in [-0.3, -0.25) is 0 Å². The molecule has 7 heteroatoms. The summed E-state index contributed by atoms with van der Waals surface area (Å²) in [6.07, 6.45) is -4.76. The van der Waals surface area contributed by atoms with Crippen LogP contribution >= 0.6 is 0 Å². The zero-order chi connectivity index (χ0) is 23.7. The van der Waals surface area contributed by atoms with E-state index in [0.717, 1.165) is 11.6 Å². The lowest BCUT2D eigenvalue weighted by Gasteiger charge is -2.12. The number of aliphatic imine (C=N–C) groups is 1. The molecule has 0 aromatic heterocycles. The lowest BCUT2D eigenvalue weighted by molar-refractivity contribution is -0.274. The highest BCUT2D eigenvalue weighted by Crippen LogP contribution is 2.27. The highest BCUT2D eigenvalue weighted by molar-refractivity contribution is 5.95. The summed E-state index contributed by atoms with van der Waals surface area (Å²) < 4.78 is 46.3. The molecule has 32 heavy (non-hydrogen) atoms. The number of aryl methyl sites for hydroxylation is 2. The van der Waals surface area contributed by atoms with E-state index in [4.69, 9.17) is 9.84 Å². The molecule has 0 atom stereocenters. The van der Waals surface area contributed by atoms with Crippen molar-refractivity contribution in [1.82, 2.24) is 0 Å². The minimum Gasteiger partial charge on any atom is -0.508 e. The largest absolute Gasteiger partial charge is 0.573 e. The highest BCUT2D eigenvalue weighted by atomic mass is 19.4. The van der Waals surface area contributed by atoms with Crippen molar-refractivity contribution in [2.24, 2.45) is 4.99 Å². The average molecular weight is 443 g/mol. The molecule has 0 aliphatic heterocycles. The van der Waals surface area contributed by atoms with Crippen LogP contribution in [0.3, 0.4) is 0 Å². The maximum absolute atomic E-state index is 12.3. The Bertz CT molecular complexity index is 1040. The van der Waals surface area contributed by atoms with E-state index in [1.165, 1.54) is 23.8 Å². The van der Waals surface area contributed by atoms with Gasteiger partial charge in [0.2, 0.25) is 5.90 Å². The van der Waals surface area contributed by atoms with E-state index in [0.29, 0.717) is 17.0 Å². The van der Waals surface area contributed by atoms with E-state index in [1.807, 2.05) is 50.2 Å². The van der Waals surface area contributed by atoms with E-state index < -0.39 is 6.36 Å². The van der Waals surface area contributed by atoms with E-state index in [1.54, 1.807) is 19.1 Å². The molecule has 0 radical (unpaired) electrons. The van der Waals surface area contributed by atoms with E-state index in [2.05, 4.69) is 16.3 Å². The molecule has 3 aromatic rings. The number of halogens is 3. The quantitative estimate of drug-likeness (QED) is 0.341. The van der Waals surface area contributed by atoms with E-state index >= 15 is 0 Å². The predicted octanol–water partition coefficient (Wildman–Crippen LogP) is 7.28. The highest BCUT2D eigenvalue weighted by Gasteiger charge is 2.31. The van der Waals surface area contributed by atoms with Crippen LogP contribution in [0, 0.1) is 13.8 Å². The van der Waals surface area contributed by atoms with Crippen LogP contribution in [-0.2, 0) is 0 Å². The molecule has 0 unspecified atom stereocenters. The van der Waals surface area contributed by atoms with Gasteiger partial charge < -0.3 is 14.6 Å². The SMILES string of the molecule is C=C(C)C(=Nc1ccc(C)cc1)Oc1cccc(OC(F)(F)F)c1.Cc1ccc(O)cc1. The van der Waals surface area contributed by atoms with Gasteiger partial charge in [0.05, 0.1) is 5.69 Å². The summed E-state index contributed by atoms with van der Waals surface area (Å²) in [4.78, 5) is 4.33. The van der Waals surface area contributed by atoms with Gasteiger partial charge in [0.1, 0.15) is 17.2 Å². The molecule has 3 aromatic carbocycles. The van der Waals surface area contributed by atoms with Gasteiger partial charge in [-0.05, 0) is 57.2 Å². The first-order chi connectivity index (χ1) is 15.0. The monoisotopic (exact) mass is 443 g/mol. The van der Waals surface area contributed by atoms with Crippen molar-refractivity contribution in [3.05, 3.63) is 96.1 Å². The first-order valence-electron chi connectivity index (χ1n) is 9.62. The van der Waals surface area contributed by atoms with Gasteiger partial charge in [-0.25, -0.2) is 4.99 Å². The van der Waals surface area contributed by atoms with E-state index in [-0.39, 0.29) is 17.4 Å². The molecule has 0 spiro atoms. The van der Waals surface area contributed by atoms with Crippen LogP contribution < -0.4 is 9.47 Å². The maximum atomic E-state index is 12.3. The fourth-order valence-electron chi connectivity index (χ4n) is 2.33. The molecule has 0 saturated heterocycles. The topological polar surface area (TPSA) is 51.0 Å². The second-order valence-electron chi connectivity index (χ2n) is 6.99. The number of ether oxygens (including phenoxy) is 2. The first-order valence-corrected chi connectivity index (χ1v) is 9.62. The Hall–Kier alpha value is -3.74. The number of aromatic hydroxyl groups is 1. The van der Waals surface area contributed by atoms with Crippen LogP contribution in [0.1, 0.15) is 18.1 Å². The minimum atomic E-state index is -4.76. The van der Waals surface area contributed by atoms with Crippen molar-refractivity contribution in [3.8, 4) is 17.2 Å². The second kappa shape index (κ2) is 11.0. The number of phenolic OH excluding ortho intramolecular Hbond substituents is 1. The number of benzene rings is 3. The summed E-state index contributed by atoms with van der Waals surface area (Å²) in [5, 5.41) is 8.76. The third-order valence-electron chi connectivity index (χ3n) is 3.92. The van der Waals surface area contributed by atoms with Crippen LogP contribution in [0.5, 0.6) is 17.2 Å². The number of rotatable bonds is 4. The first kappa shape index (κ1) is 24.5. The van der Waals surface area contributed by atoms with Crippen LogP contribution in [0.15, 0.2) is 89.9 Å². The van der Waals surface area contributed by atoms with Crippen LogP contribution in [-0.4, -0.2) is 17.4 Å². The van der Waals surface area contributed by atoms with Gasteiger partial charge in [0, 0.05) is 11.6 Å². The molecule has 168 valence electrons. The third-order valence-corrected chi connectivity index (χ3v) is 3.92. The summed E-state index contributed by atoms with van der Waals surface area (Å²) in [6, 6.07) is 19.7. The van der Waals surface area contributed by atoms with Crippen molar-refractivity contribution in [1.29, 1.82) is 0 Å². The number of alkyl halides is 3. The lowest BCUT2D eigenvalue weighted by Crippen LogP contribution is -2.17. The summed E-state index contributed by atoms with van der Waals surface area (Å²) in [5.74, 6) is 0.348. The Balaban J connectivity index is 0.000000380. The molecule has 1 N–H and O–H groups in total. The Labute approximate surface area is 185 Å². The molecule has 0 amide bonds. The van der Waals surface area contributed by atoms with Crippen molar-refractivity contribution < 1.29 is 27.8 Å². The molecular weight excluding hydrogens is 419 g/mol. The Morgan fingerprint density at radius 3 is 1.91 bits per heavy atom. The standard InChI is InChI=1S/C18H16F3NO2.C7H8O/c1-12(2)17(22-14-9-7-13(3)8-10-14)23-15-5-4-6-16(11-15)24-18(19,20)21;1-6-2-4-7(8)5-3-6/h4-11H,1H2,2-3H3;2-5,8H,1H3. The third kappa shape index (κ3) is 8.95. The number of nitrogens with zero attached hydrogens (tertiary/aromatic N) is 1. The zero-order valence-corrected chi connectivity index (χ0v) is 18.0. The fourth-order valence-corrected chi connectivity index (χ4v) is 2.33. The van der Waals surface area contributed by atoms with Gasteiger partial charge >= 0.3 is 6.36 Å². The predicted molar refractivity (Wildman–Crippen MR) is 120 cm³/mol. The van der Waals surface area contributed by atoms with Gasteiger partial charge in [0.25, 0.3) is 0 Å². The molecule has 0 bridgehead atoms. The van der Waals surface area contributed by atoms with Crippen molar-refractivity contribution in [2.45, 2.75) is 27.1 Å². The Kier molecular flexibility index (Phi) is 8.46. The zero-order valence-electron chi connectivity index (χ0n) is 18.0. The summed E-state index contributed by atoms with van der Waals surface area (Å²) in [6.45, 7) is 9.42. The average Bonchev–Trinajstić information content (AvgIpc) is 2.71. The minimum absolute atomic E-state index is 0.172. The maximum Gasteiger partial charge on any atom is 0.573 e. The normalized spacial score (nSPS) is 11.2. The molecule has 0 heterocycles. The number of hydrogen-bond acceptors (Lipinski definition) is 4.